The lowest BCUT2D eigenvalue weighted by atomic mass is 10.1. The molecule has 1 nitrogen and oxygen atoms in total. The van der Waals surface area contributed by atoms with E-state index in [4.69, 9.17) is 0 Å². The lowest BCUT2D eigenvalue weighted by Crippen LogP contribution is -1.85. The SMILES string of the molecule is C=C(C)/C=C(/C=O)C(=C)C. The average molecular weight is 136 g/mol. The van der Waals surface area contributed by atoms with E-state index in [1.807, 2.05) is 6.92 Å². The highest BCUT2D eigenvalue weighted by Crippen LogP contribution is 2.05. The van der Waals surface area contributed by atoms with E-state index >= 15 is 0 Å². The zero-order valence-corrected chi connectivity index (χ0v) is 6.48. The Morgan fingerprint density at radius 2 is 1.80 bits per heavy atom. The number of carbonyl (C=O) groups excluding carboxylic acids is 1. The minimum Gasteiger partial charge on any atom is -0.298 e. The molecule has 0 aliphatic heterocycles. The van der Waals surface area contributed by atoms with Crippen LogP contribution in [-0.2, 0) is 4.79 Å². The predicted octanol–water partition coefficient (Wildman–Crippen LogP) is 2.26. The minimum atomic E-state index is 0.618. The van der Waals surface area contributed by atoms with Gasteiger partial charge in [0, 0.05) is 5.57 Å². The first-order valence-corrected chi connectivity index (χ1v) is 3.06. The van der Waals surface area contributed by atoms with E-state index in [1.165, 1.54) is 0 Å². The van der Waals surface area contributed by atoms with Gasteiger partial charge in [0.15, 0.2) is 0 Å². The first kappa shape index (κ1) is 8.89. The van der Waals surface area contributed by atoms with Crippen LogP contribution in [0.2, 0.25) is 0 Å². The Kier molecular flexibility index (Phi) is 3.40. The molecule has 0 atom stereocenters. The molecule has 0 aromatic rings. The van der Waals surface area contributed by atoms with Gasteiger partial charge in [-0.15, -0.1) is 0 Å². The number of hydrogen-bond acceptors (Lipinski definition) is 1. The molecule has 0 aliphatic rings. The number of rotatable bonds is 3. The lowest BCUT2D eigenvalue weighted by Gasteiger charge is -1.95. The molecule has 0 saturated carbocycles. The molecule has 10 heavy (non-hydrogen) atoms. The molecular formula is C9H12O. The summed E-state index contributed by atoms with van der Waals surface area (Å²) in [4.78, 5) is 10.3. The van der Waals surface area contributed by atoms with Gasteiger partial charge < -0.3 is 0 Å². The highest BCUT2D eigenvalue weighted by atomic mass is 16.1. The Labute approximate surface area is 61.8 Å². The van der Waals surface area contributed by atoms with Gasteiger partial charge in [-0.1, -0.05) is 18.7 Å². The van der Waals surface area contributed by atoms with E-state index in [9.17, 15) is 4.79 Å². The quantitative estimate of drug-likeness (QED) is 0.330. The maximum Gasteiger partial charge on any atom is 0.150 e. The molecule has 0 rings (SSSR count). The van der Waals surface area contributed by atoms with Crippen LogP contribution in [0.1, 0.15) is 13.8 Å². The van der Waals surface area contributed by atoms with Crippen molar-refractivity contribution in [3.63, 3.8) is 0 Å². The van der Waals surface area contributed by atoms with E-state index in [0.717, 1.165) is 17.4 Å². The maximum absolute atomic E-state index is 10.3. The van der Waals surface area contributed by atoms with Crippen LogP contribution in [0.5, 0.6) is 0 Å². The predicted molar refractivity (Wildman–Crippen MR) is 43.8 cm³/mol. The minimum absolute atomic E-state index is 0.618. The normalized spacial score (nSPS) is 10.8. The largest absolute Gasteiger partial charge is 0.298 e. The first-order chi connectivity index (χ1) is 4.57. The van der Waals surface area contributed by atoms with Gasteiger partial charge in [-0.05, 0) is 25.5 Å². The summed E-state index contributed by atoms with van der Waals surface area (Å²) in [5.41, 5.74) is 2.26. The molecule has 0 heterocycles. The summed E-state index contributed by atoms with van der Waals surface area (Å²) < 4.78 is 0. The fourth-order valence-electron chi connectivity index (χ4n) is 0.523. The molecule has 1 heteroatoms. The Morgan fingerprint density at radius 3 is 1.90 bits per heavy atom. The smallest absolute Gasteiger partial charge is 0.150 e. The molecule has 54 valence electrons. The van der Waals surface area contributed by atoms with Crippen molar-refractivity contribution in [3.8, 4) is 0 Å². The van der Waals surface area contributed by atoms with Gasteiger partial charge in [-0.2, -0.15) is 0 Å². The summed E-state index contributed by atoms with van der Waals surface area (Å²) in [6.07, 6.45) is 2.51. The van der Waals surface area contributed by atoms with Crippen molar-refractivity contribution in [1.82, 2.24) is 0 Å². The standard InChI is InChI=1S/C9H12O/c1-7(2)5-9(6-10)8(3)4/h5-6H,1,3H2,2,4H3/b9-5-. The topological polar surface area (TPSA) is 17.1 Å². The molecule has 0 bridgehead atoms. The third-order valence-corrected chi connectivity index (χ3v) is 1.02. The van der Waals surface area contributed by atoms with Crippen LogP contribution in [0, 0.1) is 0 Å². The van der Waals surface area contributed by atoms with E-state index in [-0.39, 0.29) is 0 Å². The fraction of sp³-hybridized carbons (Fsp3) is 0.222. The number of carbonyl (C=O) groups is 1. The number of hydrogen-bond donors (Lipinski definition) is 0. The summed E-state index contributed by atoms with van der Waals surface area (Å²) in [7, 11) is 0. The van der Waals surface area contributed by atoms with Crippen LogP contribution in [0.25, 0.3) is 0 Å². The molecule has 0 spiro atoms. The molecule has 0 unspecified atom stereocenters. The van der Waals surface area contributed by atoms with Crippen molar-refractivity contribution < 1.29 is 4.79 Å². The van der Waals surface area contributed by atoms with Crippen LogP contribution < -0.4 is 0 Å². The van der Waals surface area contributed by atoms with Crippen molar-refractivity contribution in [2.24, 2.45) is 0 Å². The van der Waals surface area contributed by atoms with Gasteiger partial charge in [0.2, 0.25) is 0 Å². The van der Waals surface area contributed by atoms with Gasteiger partial charge in [-0.3, -0.25) is 4.79 Å². The Bertz CT molecular complexity index is 197. The zero-order valence-electron chi connectivity index (χ0n) is 6.48. The molecule has 0 saturated heterocycles. The van der Waals surface area contributed by atoms with Crippen LogP contribution in [-0.4, -0.2) is 6.29 Å². The molecule has 0 aromatic carbocycles. The summed E-state index contributed by atoms with van der Waals surface area (Å²) >= 11 is 0. The summed E-state index contributed by atoms with van der Waals surface area (Å²) in [5, 5.41) is 0. The zero-order chi connectivity index (χ0) is 8.15. The Balaban J connectivity index is 4.49. The third kappa shape index (κ3) is 3.02. The van der Waals surface area contributed by atoms with E-state index in [1.54, 1.807) is 13.0 Å². The molecular weight excluding hydrogens is 124 g/mol. The van der Waals surface area contributed by atoms with Crippen molar-refractivity contribution in [2.45, 2.75) is 13.8 Å². The second-order valence-corrected chi connectivity index (χ2v) is 2.34. The molecule has 0 radical (unpaired) electrons. The lowest BCUT2D eigenvalue weighted by molar-refractivity contribution is -0.104. The van der Waals surface area contributed by atoms with Crippen LogP contribution in [0.15, 0.2) is 36.0 Å². The Morgan fingerprint density at radius 1 is 1.30 bits per heavy atom. The number of allylic oxidation sites excluding steroid dienone is 4. The molecule has 0 N–H and O–H groups in total. The van der Waals surface area contributed by atoms with Crippen LogP contribution >= 0.6 is 0 Å². The van der Waals surface area contributed by atoms with Gasteiger partial charge in [0.05, 0.1) is 0 Å². The molecule has 0 amide bonds. The average Bonchev–Trinajstić information content (AvgIpc) is 1.81. The third-order valence-electron chi connectivity index (χ3n) is 1.02. The van der Waals surface area contributed by atoms with Gasteiger partial charge in [-0.25, -0.2) is 0 Å². The van der Waals surface area contributed by atoms with Crippen molar-refractivity contribution >= 4 is 6.29 Å². The second kappa shape index (κ2) is 3.83. The summed E-state index contributed by atoms with van der Waals surface area (Å²) in [5.74, 6) is 0. The monoisotopic (exact) mass is 136 g/mol. The van der Waals surface area contributed by atoms with E-state index < -0.39 is 0 Å². The highest BCUT2D eigenvalue weighted by Gasteiger charge is 1.93. The van der Waals surface area contributed by atoms with Crippen LogP contribution in [0.4, 0.5) is 0 Å². The van der Waals surface area contributed by atoms with Gasteiger partial charge in [0.25, 0.3) is 0 Å². The van der Waals surface area contributed by atoms with Crippen molar-refractivity contribution in [3.05, 3.63) is 36.0 Å². The van der Waals surface area contributed by atoms with Gasteiger partial charge >= 0.3 is 0 Å². The summed E-state index contributed by atoms with van der Waals surface area (Å²) in [6.45, 7) is 10.9. The fourth-order valence-corrected chi connectivity index (χ4v) is 0.523. The molecule has 0 fully saturated rings. The van der Waals surface area contributed by atoms with Crippen molar-refractivity contribution in [2.75, 3.05) is 0 Å². The second-order valence-electron chi connectivity index (χ2n) is 2.34. The van der Waals surface area contributed by atoms with E-state index in [2.05, 4.69) is 13.2 Å². The Hall–Kier alpha value is -1.11. The van der Waals surface area contributed by atoms with Gasteiger partial charge in [0.1, 0.15) is 6.29 Å². The maximum atomic E-state index is 10.3. The van der Waals surface area contributed by atoms with E-state index in [0.29, 0.717) is 5.57 Å². The first-order valence-electron chi connectivity index (χ1n) is 3.06. The summed E-state index contributed by atoms with van der Waals surface area (Å²) in [6, 6.07) is 0. The van der Waals surface area contributed by atoms with Crippen molar-refractivity contribution in [1.29, 1.82) is 0 Å². The molecule has 0 aliphatic carbocycles. The number of aldehydes is 1. The van der Waals surface area contributed by atoms with Crippen LogP contribution in [0.3, 0.4) is 0 Å². The molecule has 0 aromatic heterocycles. The highest BCUT2D eigenvalue weighted by molar-refractivity contribution is 5.80.